The molecule has 0 saturated carbocycles. The zero-order valence-corrected chi connectivity index (χ0v) is 20.5. The van der Waals surface area contributed by atoms with Crippen molar-refractivity contribution in [2.45, 2.75) is 40.0 Å². The van der Waals surface area contributed by atoms with Crippen molar-refractivity contribution in [3.8, 4) is 0 Å². The molecule has 1 nitrogen and oxygen atoms in total. The van der Waals surface area contributed by atoms with Gasteiger partial charge in [-0.2, -0.15) is 0 Å². The van der Waals surface area contributed by atoms with Crippen LogP contribution in [0.2, 0.25) is 0 Å². The molecule has 0 spiro atoms. The van der Waals surface area contributed by atoms with E-state index in [1.807, 2.05) is 0 Å². The second-order valence-electron chi connectivity index (χ2n) is 8.00. The van der Waals surface area contributed by atoms with Crippen LogP contribution in [0.4, 0.5) is 0 Å². The van der Waals surface area contributed by atoms with Gasteiger partial charge in [0.25, 0.3) is 16.3 Å². The average Bonchev–Trinajstić information content (AvgIpc) is 2.73. The summed E-state index contributed by atoms with van der Waals surface area (Å²) >= 11 is 1.09. The van der Waals surface area contributed by atoms with Crippen LogP contribution in [-0.2, 0) is 0 Å². The minimum Gasteiger partial charge on any atom is -0.303 e. The second-order valence-corrected chi connectivity index (χ2v) is 9.08. The molecule has 0 fully saturated rings. The molecule has 0 aliphatic carbocycles. The lowest BCUT2D eigenvalue weighted by atomic mass is 9.98. The minimum absolute atomic E-state index is 1.09. The minimum atomic E-state index is 1.09. The fraction of sp³-hybridized carbons (Fsp3) is 0.333. The first-order valence-corrected chi connectivity index (χ1v) is 12.2. The first-order chi connectivity index (χ1) is 14.2. The normalized spacial score (nSPS) is 11.2. The molecular weight excluding hydrogens is 365 g/mol. The summed E-state index contributed by atoms with van der Waals surface area (Å²) in [6.45, 7) is 10.6. The number of nitrogens with zero attached hydrogens (tertiary/aromatic N) is 1. The van der Waals surface area contributed by atoms with Crippen LogP contribution in [-0.4, -0.2) is 40.8 Å². The highest BCUT2D eigenvalue weighted by Gasteiger charge is 2.04. The molecule has 0 bridgehead atoms. The van der Waals surface area contributed by atoms with Crippen LogP contribution in [0.25, 0.3) is 32.3 Å². The number of fused-ring (bicyclic) bond motifs is 4. The van der Waals surface area contributed by atoms with Gasteiger partial charge in [0.05, 0.1) is 0 Å². The maximum atomic E-state index is 2.54. The van der Waals surface area contributed by atoms with Crippen LogP contribution in [0.1, 0.15) is 40.0 Å². The van der Waals surface area contributed by atoms with E-state index in [9.17, 15) is 0 Å². The van der Waals surface area contributed by atoms with E-state index < -0.39 is 0 Å². The third-order valence-corrected chi connectivity index (χ3v) is 6.39. The number of rotatable bonds is 6. The van der Waals surface area contributed by atoms with Crippen LogP contribution < -0.4 is 4.43 Å². The largest absolute Gasteiger partial charge is 0.303 e. The standard InChI is InChI=1S/C18H11.C9H21N.Al.2H/c1-2-7-15-12-18-16(11-14(15)6-1)10-9-13-5-3-4-8-17(13)18;1-4-7-10(8-5-2)9-6-3;;;/h1-7,9-12H;4-9H2,1-3H3;;;. The molecule has 4 aromatic carbocycles. The Balaban J connectivity index is 0.000000207. The Kier molecular flexibility index (Phi) is 8.13. The highest BCUT2D eigenvalue weighted by Crippen LogP contribution is 2.28. The van der Waals surface area contributed by atoms with Crippen molar-refractivity contribution < 1.29 is 0 Å². The van der Waals surface area contributed by atoms with Gasteiger partial charge in [0, 0.05) is 0 Å². The van der Waals surface area contributed by atoms with Gasteiger partial charge in [0.1, 0.15) is 0 Å². The number of hydrogen-bond donors (Lipinski definition) is 0. The fourth-order valence-electron chi connectivity index (χ4n) is 4.27. The third-order valence-electron chi connectivity index (χ3n) is 5.55. The summed E-state index contributed by atoms with van der Waals surface area (Å²) in [5.41, 5.74) is 0. The van der Waals surface area contributed by atoms with Crippen LogP contribution in [0, 0.1) is 0 Å². The zero-order chi connectivity index (χ0) is 20.6. The van der Waals surface area contributed by atoms with Crippen molar-refractivity contribution in [2.24, 2.45) is 0 Å². The zero-order valence-electron chi connectivity index (χ0n) is 18.5. The lowest BCUT2D eigenvalue weighted by Crippen LogP contribution is -2.25. The number of hydrogen-bond acceptors (Lipinski definition) is 1. The first-order valence-electron chi connectivity index (χ1n) is 11.2. The van der Waals surface area contributed by atoms with Gasteiger partial charge >= 0.3 is 0 Å². The predicted octanol–water partition coefficient (Wildman–Crippen LogP) is 5.92. The van der Waals surface area contributed by atoms with E-state index in [0.29, 0.717) is 0 Å². The Hall–Kier alpha value is -1.85. The number of benzene rings is 4. The molecule has 0 amide bonds. The van der Waals surface area contributed by atoms with E-state index in [-0.39, 0.29) is 0 Å². The molecule has 0 N–H and O–H groups in total. The predicted molar refractivity (Wildman–Crippen MR) is 134 cm³/mol. The van der Waals surface area contributed by atoms with Gasteiger partial charge in [0.15, 0.2) is 0 Å². The van der Waals surface area contributed by atoms with Gasteiger partial charge in [-0.15, -0.1) is 4.43 Å². The van der Waals surface area contributed by atoms with Crippen LogP contribution in [0.15, 0.2) is 66.7 Å². The summed E-state index contributed by atoms with van der Waals surface area (Å²) in [6.07, 6.45) is 3.88. The SMILES string of the molecule is CCCN(CCC)CCC.[AlH2][c]1cccc2ccc3cc4ccccc4cc3c12. The Labute approximate surface area is 184 Å². The highest BCUT2D eigenvalue weighted by molar-refractivity contribution is 6.41. The van der Waals surface area contributed by atoms with E-state index in [1.165, 1.54) is 75.6 Å². The molecule has 4 aromatic rings. The molecule has 0 saturated heterocycles. The van der Waals surface area contributed by atoms with Crippen molar-refractivity contribution in [3.05, 3.63) is 66.7 Å². The van der Waals surface area contributed by atoms with Crippen LogP contribution in [0.5, 0.6) is 0 Å². The van der Waals surface area contributed by atoms with Crippen LogP contribution in [0.3, 0.4) is 0 Å². The van der Waals surface area contributed by atoms with E-state index in [0.717, 1.165) is 16.3 Å². The van der Waals surface area contributed by atoms with Gasteiger partial charge in [-0.25, -0.2) is 0 Å². The molecule has 2 heteroatoms. The molecule has 29 heavy (non-hydrogen) atoms. The molecular formula is C27H34AlN. The summed E-state index contributed by atoms with van der Waals surface area (Å²) in [5, 5.41) is 8.18. The summed E-state index contributed by atoms with van der Waals surface area (Å²) in [4.78, 5) is 2.54. The quantitative estimate of drug-likeness (QED) is 0.221. The molecule has 0 radical (unpaired) electrons. The monoisotopic (exact) mass is 399 g/mol. The fourth-order valence-corrected chi connectivity index (χ4v) is 5.02. The summed E-state index contributed by atoms with van der Waals surface area (Å²) in [5.74, 6) is 0. The van der Waals surface area contributed by atoms with Crippen LogP contribution >= 0.6 is 0 Å². The average molecular weight is 400 g/mol. The summed E-state index contributed by atoms with van der Waals surface area (Å²) in [6, 6.07) is 24.4. The van der Waals surface area contributed by atoms with Gasteiger partial charge in [-0.3, -0.25) is 0 Å². The third kappa shape index (κ3) is 5.40. The van der Waals surface area contributed by atoms with E-state index in [2.05, 4.69) is 92.4 Å². The topological polar surface area (TPSA) is 3.24 Å². The molecule has 0 aromatic heterocycles. The summed E-state index contributed by atoms with van der Waals surface area (Å²) < 4.78 is 1.48. The van der Waals surface area contributed by atoms with Crippen molar-refractivity contribution in [1.29, 1.82) is 0 Å². The summed E-state index contributed by atoms with van der Waals surface area (Å²) in [7, 11) is 0. The van der Waals surface area contributed by atoms with Gasteiger partial charge in [-0.1, -0.05) is 75.4 Å². The molecule has 0 aliphatic heterocycles. The maximum Gasteiger partial charge on any atom is 0.259 e. The van der Waals surface area contributed by atoms with E-state index in [4.69, 9.17) is 0 Å². The van der Waals surface area contributed by atoms with E-state index >= 15 is 0 Å². The Morgan fingerprint density at radius 1 is 0.621 bits per heavy atom. The molecule has 0 atom stereocenters. The second kappa shape index (κ2) is 10.8. The maximum absolute atomic E-state index is 2.54. The van der Waals surface area contributed by atoms with Crippen molar-refractivity contribution in [2.75, 3.05) is 19.6 Å². The Morgan fingerprint density at radius 2 is 1.17 bits per heavy atom. The van der Waals surface area contributed by atoms with E-state index in [1.54, 1.807) is 0 Å². The van der Waals surface area contributed by atoms with Gasteiger partial charge in [0.2, 0.25) is 0 Å². The molecule has 4 rings (SSSR count). The first kappa shape index (κ1) is 21.9. The smallest absolute Gasteiger partial charge is 0.259 e. The lowest BCUT2D eigenvalue weighted by molar-refractivity contribution is 0.275. The molecule has 150 valence electrons. The molecule has 0 heterocycles. The van der Waals surface area contributed by atoms with Gasteiger partial charge < -0.3 is 4.90 Å². The lowest BCUT2D eigenvalue weighted by Gasteiger charge is -2.19. The van der Waals surface area contributed by atoms with Crippen molar-refractivity contribution in [1.82, 2.24) is 4.90 Å². The highest BCUT2D eigenvalue weighted by atomic mass is 27.0. The Morgan fingerprint density at radius 3 is 1.79 bits per heavy atom. The van der Waals surface area contributed by atoms with Crippen molar-refractivity contribution in [3.63, 3.8) is 0 Å². The van der Waals surface area contributed by atoms with Gasteiger partial charge in [-0.05, 0) is 83.3 Å². The Bertz CT molecular complexity index is 1060. The molecule has 0 aliphatic rings. The van der Waals surface area contributed by atoms with Crippen molar-refractivity contribution >= 4 is 53.0 Å². The molecule has 0 unspecified atom stereocenters.